The summed E-state index contributed by atoms with van der Waals surface area (Å²) < 4.78 is 0. The topological polar surface area (TPSA) is 12.0 Å². The fourth-order valence-electron chi connectivity index (χ4n) is 3.39. The molecule has 1 heteroatoms. The van der Waals surface area contributed by atoms with Crippen molar-refractivity contribution in [1.29, 1.82) is 0 Å². The van der Waals surface area contributed by atoms with Gasteiger partial charge in [0.25, 0.3) is 0 Å². The molecule has 2 unspecified atom stereocenters. The fourth-order valence-corrected chi connectivity index (χ4v) is 3.39. The number of aryl methyl sites for hydroxylation is 2. The average molecular weight is 259 g/mol. The van der Waals surface area contributed by atoms with E-state index in [9.17, 15) is 0 Å². The van der Waals surface area contributed by atoms with Crippen LogP contribution >= 0.6 is 0 Å². The highest BCUT2D eigenvalue weighted by Gasteiger charge is 2.23. The monoisotopic (exact) mass is 259 g/mol. The van der Waals surface area contributed by atoms with Crippen LogP contribution in [0.4, 0.5) is 0 Å². The van der Waals surface area contributed by atoms with Crippen molar-refractivity contribution in [3.8, 4) is 0 Å². The minimum Gasteiger partial charge on any atom is -0.314 e. The molecule has 106 valence electrons. The summed E-state index contributed by atoms with van der Waals surface area (Å²) in [5, 5.41) is 3.72. The fraction of sp³-hybridized carbons (Fsp3) is 0.667. The molecule has 2 rings (SSSR count). The number of benzene rings is 1. The molecule has 1 saturated carbocycles. The maximum Gasteiger partial charge on any atom is 0.00983 e. The summed E-state index contributed by atoms with van der Waals surface area (Å²) in [5.74, 6) is 0.824. The first-order valence-electron chi connectivity index (χ1n) is 8.00. The highest BCUT2D eigenvalue weighted by molar-refractivity contribution is 5.30. The van der Waals surface area contributed by atoms with Crippen LogP contribution in [0, 0.1) is 19.8 Å². The lowest BCUT2D eigenvalue weighted by atomic mass is 9.87. The van der Waals surface area contributed by atoms with Gasteiger partial charge in [-0.15, -0.1) is 0 Å². The molecule has 0 bridgehead atoms. The molecule has 0 aliphatic heterocycles. The Morgan fingerprint density at radius 2 is 1.84 bits per heavy atom. The maximum atomic E-state index is 3.72. The second kappa shape index (κ2) is 7.09. The third-order valence-electron chi connectivity index (χ3n) is 4.69. The minimum atomic E-state index is 0.731. The summed E-state index contributed by atoms with van der Waals surface area (Å²) in [7, 11) is 0. The minimum absolute atomic E-state index is 0.731. The van der Waals surface area contributed by atoms with Crippen LogP contribution in [0.5, 0.6) is 0 Å². The standard InChI is InChI=1S/C18H29N/c1-4-19-18-9-7-5-6-8-17(18)13-16-11-10-14(2)15(3)12-16/h10-12,17-19H,4-9,13H2,1-3H3. The molecular formula is C18H29N. The lowest BCUT2D eigenvalue weighted by Crippen LogP contribution is -2.36. The van der Waals surface area contributed by atoms with Gasteiger partial charge in [0.05, 0.1) is 0 Å². The lowest BCUT2D eigenvalue weighted by Gasteiger charge is -2.26. The van der Waals surface area contributed by atoms with Gasteiger partial charge in [-0.25, -0.2) is 0 Å². The summed E-state index contributed by atoms with van der Waals surface area (Å²) >= 11 is 0. The van der Waals surface area contributed by atoms with Crippen molar-refractivity contribution in [2.45, 2.75) is 65.3 Å². The Balaban J connectivity index is 2.06. The first-order chi connectivity index (χ1) is 9.20. The van der Waals surface area contributed by atoms with E-state index in [1.54, 1.807) is 0 Å². The normalized spacial score (nSPS) is 24.2. The van der Waals surface area contributed by atoms with Gasteiger partial charge in [-0.3, -0.25) is 0 Å². The Hall–Kier alpha value is -0.820. The molecule has 0 amide bonds. The Morgan fingerprint density at radius 1 is 1.05 bits per heavy atom. The quantitative estimate of drug-likeness (QED) is 0.790. The van der Waals surface area contributed by atoms with Gasteiger partial charge in [0.2, 0.25) is 0 Å². The van der Waals surface area contributed by atoms with Gasteiger partial charge in [0, 0.05) is 6.04 Å². The van der Waals surface area contributed by atoms with E-state index in [2.05, 4.69) is 44.3 Å². The smallest absolute Gasteiger partial charge is 0.00983 e. The zero-order chi connectivity index (χ0) is 13.7. The summed E-state index contributed by atoms with van der Waals surface area (Å²) in [5.41, 5.74) is 4.37. The van der Waals surface area contributed by atoms with Crippen LogP contribution in [0.2, 0.25) is 0 Å². The van der Waals surface area contributed by atoms with Gasteiger partial charge in [0.1, 0.15) is 0 Å². The van der Waals surface area contributed by atoms with Crippen LogP contribution in [0.15, 0.2) is 18.2 Å². The van der Waals surface area contributed by atoms with Gasteiger partial charge in [-0.05, 0) is 62.3 Å². The van der Waals surface area contributed by atoms with Crippen LogP contribution in [-0.2, 0) is 6.42 Å². The van der Waals surface area contributed by atoms with Crippen LogP contribution in [0.3, 0.4) is 0 Å². The van der Waals surface area contributed by atoms with Gasteiger partial charge in [-0.2, -0.15) is 0 Å². The van der Waals surface area contributed by atoms with Crippen LogP contribution in [0.25, 0.3) is 0 Å². The third-order valence-corrected chi connectivity index (χ3v) is 4.69. The molecule has 1 aromatic carbocycles. The molecule has 1 nitrogen and oxygen atoms in total. The molecule has 0 radical (unpaired) electrons. The number of hydrogen-bond donors (Lipinski definition) is 1. The van der Waals surface area contributed by atoms with E-state index >= 15 is 0 Å². The molecule has 0 aromatic heterocycles. The van der Waals surface area contributed by atoms with Crippen LogP contribution in [0.1, 0.15) is 55.7 Å². The van der Waals surface area contributed by atoms with E-state index in [4.69, 9.17) is 0 Å². The first kappa shape index (κ1) is 14.6. The molecule has 1 fully saturated rings. The van der Waals surface area contributed by atoms with Gasteiger partial charge < -0.3 is 5.32 Å². The molecule has 1 aliphatic rings. The van der Waals surface area contributed by atoms with Gasteiger partial charge in [0.15, 0.2) is 0 Å². The van der Waals surface area contributed by atoms with E-state index in [0.29, 0.717) is 0 Å². The number of hydrogen-bond acceptors (Lipinski definition) is 1. The van der Waals surface area contributed by atoms with Crippen LogP contribution in [-0.4, -0.2) is 12.6 Å². The van der Waals surface area contributed by atoms with Crippen molar-refractivity contribution < 1.29 is 0 Å². The predicted molar refractivity (Wildman–Crippen MR) is 83.7 cm³/mol. The van der Waals surface area contributed by atoms with E-state index in [0.717, 1.165) is 18.5 Å². The second-order valence-electron chi connectivity index (χ2n) is 6.18. The van der Waals surface area contributed by atoms with E-state index in [1.807, 2.05) is 0 Å². The van der Waals surface area contributed by atoms with Crippen LogP contribution < -0.4 is 5.32 Å². The molecule has 2 atom stereocenters. The van der Waals surface area contributed by atoms with Crippen molar-refractivity contribution >= 4 is 0 Å². The summed E-state index contributed by atoms with van der Waals surface area (Å²) in [6.07, 6.45) is 8.25. The Kier molecular flexibility index (Phi) is 5.45. The van der Waals surface area contributed by atoms with Crippen molar-refractivity contribution in [2.75, 3.05) is 6.54 Å². The van der Waals surface area contributed by atoms with Crippen molar-refractivity contribution in [2.24, 2.45) is 5.92 Å². The van der Waals surface area contributed by atoms with Crippen molar-refractivity contribution in [1.82, 2.24) is 5.32 Å². The second-order valence-corrected chi connectivity index (χ2v) is 6.18. The predicted octanol–water partition coefficient (Wildman–Crippen LogP) is 4.40. The Morgan fingerprint density at radius 3 is 2.58 bits per heavy atom. The number of rotatable bonds is 4. The Bertz CT molecular complexity index is 397. The highest BCUT2D eigenvalue weighted by Crippen LogP contribution is 2.27. The van der Waals surface area contributed by atoms with E-state index < -0.39 is 0 Å². The molecule has 0 saturated heterocycles. The molecule has 0 heterocycles. The van der Waals surface area contributed by atoms with E-state index in [-0.39, 0.29) is 0 Å². The maximum absolute atomic E-state index is 3.72. The number of nitrogens with one attached hydrogen (secondary N) is 1. The highest BCUT2D eigenvalue weighted by atomic mass is 14.9. The largest absolute Gasteiger partial charge is 0.314 e. The molecule has 19 heavy (non-hydrogen) atoms. The van der Waals surface area contributed by atoms with Gasteiger partial charge >= 0.3 is 0 Å². The first-order valence-corrected chi connectivity index (χ1v) is 8.00. The third kappa shape index (κ3) is 4.07. The molecule has 1 aromatic rings. The molecule has 0 spiro atoms. The zero-order valence-corrected chi connectivity index (χ0v) is 12.8. The van der Waals surface area contributed by atoms with E-state index in [1.165, 1.54) is 55.2 Å². The SMILES string of the molecule is CCNC1CCCCCC1Cc1ccc(C)c(C)c1. The average Bonchev–Trinajstić information content (AvgIpc) is 2.61. The summed E-state index contributed by atoms with van der Waals surface area (Å²) in [6, 6.07) is 7.73. The van der Waals surface area contributed by atoms with Crippen molar-refractivity contribution in [3.63, 3.8) is 0 Å². The lowest BCUT2D eigenvalue weighted by molar-refractivity contribution is 0.337. The summed E-state index contributed by atoms with van der Waals surface area (Å²) in [6.45, 7) is 7.77. The molecule has 1 N–H and O–H groups in total. The Labute approximate surface area is 118 Å². The molecular weight excluding hydrogens is 230 g/mol. The zero-order valence-electron chi connectivity index (χ0n) is 12.8. The summed E-state index contributed by atoms with van der Waals surface area (Å²) in [4.78, 5) is 0. The van der Waals surface area contributed by atoms with Crippen molar-refractivity contribution in [3.05, 3.63) is 34.9 Å². The van der Waals surface area contributed by atoms with Gasteiger partial charge in [-0.1, -0.05) is 44.4 Å². The molecule has 1 aliphatic carbocycles.